The molecule has 2 aromatic rings. The first-order valence-corrected chi connectivity index (χ1v) is 10.8. The van der Waals surface area contributed by atoms with E-state index in [9.17, 15) is 13.2 Å². The van der Waals surface area contributed by atoms with Gasteiger partial charge in [0.1, 0.15) is 5.75 Å². The number of benzene rings is 2. The van der Waals surface area contributed by atoms with Crippen molar-refractivity contribution in [2.75, 3.05) is 7.11 Å². The number of oxime groups is 1. The van der Waals surface area contributed by atoms with Gasteiger partial charge in [-0.2, -0.15) is 8.42 Å². The molecule has 0 aliphatic carbocycles. The molecule has 0 heterocycles. The van der Waals surface area contributed by atoms with Crippen LogP contribution in [0.3, 0.4) is 0 Å². The Morgan fingerprint density at radius 1 is 1.00 bits per heavy atom. The maximum absolute atomic E-state index is 12.1. The van der Waals surface area contributed by atoms with E-state index >= 15 is 0 Å². The van der Waals surface area contributed by atoms with Crippen molar-refractivity contribution >= 4 is 56.1 Å². The van der Waals surface area contributed by atoms with Gasteiger partial charge < -0.3 is 4.74 Å². The number of ether oxygens (including phenoxy) is 1. The normalized spacial score (nSPS) is 11.9. The lowest BCUT2D eigenvalue weighted by Crippen LogP contribution is -2.15. The van der Waals surface area contributed by atoms with Crippen LogP contribution in [0.1, 0.15) is 11.1 Å². The minimum absolute atomic E-state index is 0.216. The van der Waals surface area contributed by atoms with Gasteiger partial charge >= 0.3 is 16.1 Å². The SMILES string of the molecule is COC(=O)C(=NOS(=O)(=O)Cc1ccc(Cl)cc1)SCc1ccc(Cl)cc1. The summed E-state index contributed by atoms with van der Waals surface area (Å²) in [7, 11) is -2.87. The van der Waals surface area contributed by atoms with Crippen molar-refractivity contribution < 1.29 is 22.2 Å². The number of thioether (sulfide) groups is 1. The molecule has 0 unspecified atom stereocenters. The van der Waals surface area contributed by atoms with Crippen molar-refractivity contribution in [3.05, 3.63) is 69.7 Å². The lowest BCUT2D eigenvalue weighted by Gasteiger charge is -2.06. The molecule has 0 bridgehead atoms. The van der Waals surface area contributed by atoms with Crippen LogP contribution in [0.4, 0.5) is 0 Å². The van der Waals surface area contributed by atoms with Crippen LogP contribution in [0.15, 0.2) is 53.7 Å². The molecule has 2 rings (SSSR count). The molecule has 0 spiro atoms. The number of hydrogen-bond acceptors (Lipinski definition) is 7. The molecule has 0 aliphatic heterocycles. The zero-order valence-electron chi connectivity index (χ0n) is 14.1. The highest BCUT2D eigenvalue weighted by Crippen LogP contribution is 2.19. The fourth-order valence-corrected chi connectivity index (χ4v) is 3.77. The van der Waals surface area contributed by atoms with E-state index in [1.165, 1.54) is 7.11 Å². The van der Waals surface area contributed by atoms with E-state index in [-0.39, 0.29) is 5.04 Å². The molecule has 0 amide bonds. The Bertz CT molecular complexity index is 913. The third-order valence-electron chi connectivity index (χ3n) is 3.14. The van der Waals surface area contributed by atoms with Crippen LogP contribution in [0.25, 0.3) is 0 Å². The van der Waals surface area contributed by atoms with Crippen molar-refractivity contribution in [1.29, 1.82) is 0 Å². The molecule has 144 valence electrons. The van der Waals surface area contributed by atoms with Gasteiger partial charge in [0.25, 0.3) is 0 Å². The van der Waals surface area contributed by atoms with E-state index in [1.807, 2.05) is 0 Å². The van der Waals surface area contributed by atoms with E-state index in [2.05, 4.69) is 14.2 Å². The summed E-state index contributed by atoms with van der Waals surface area (Å²) < 4.78 is 33.4. The van der Waals surface area contributed by atoms with Crippen LogP contribution in [-0.4, -0.2) is 26.5 Å². The maximum Gasteiger partial charge on any atom is 0.366 e. The van der Waals surface area contributed by atoms with Gasteiger partial charge in [-0.25, -0.2) is 4.79 Å². The Kier molecular flexibility index (Phi) is 7.97. The second kappa shape index (κ2) is 9.98. The van der Waals surface area contributed by atoms with Crippen LogP contribution in [-0.2, 0) is 35.4 Å². The van der Waals surface area contributed by atoms with E-state index in [4.69, 9.17) is 23.2 Å². The molecule has 0 N–H and O–H groups in total. The summed E-state index contributed by atoms with van der Waals surface area (Å²) in [4.78, 5) is 11.8. The number of carbonyl (C=O) groups excluding carboxylic acids is 1. The second-order valence-electron chi connectivity index (χ2n) is 5.21. The fraction of sp³-hybridized carbons (Fsp3) is 0.176. The monoisotopic (exact) mass is 447 g/mol. The van der Waals surface area contributed by atoms with E-state index in [1.54, 1.807) is 48.5 Å². The van der Waals surface area contributed by atoms with Crippen LogP contribution in [0.5, 0.6) is 0 Å². The highest BCUT2D eigenvalue weighted by Gasteiger charge is 2.18. The minimum Gasteiger partial charge on any atom is -0.464 e. The summed E-state index contributed by atoms with van der Waals surface area (Å²) in [6.45, 7) is 0. The number of halogens is 2. The first-order valence-electron chi connectivity index (χ1n) is 7.48. The second-order valence-corrected chi connectivity index (χ2v) is 8.60. The number of esters is 1. The molecule has 0 aliphatic rings. The highest BCUT2D eigenvalue weighted by atomic mass is 35.5. The van der Waals surface area contributed by atoms with Crippen LogP contribution in [0.2, 0.25) is 10.0 Å². The zero-order valence-corrected chi connectivity index (χ0v) is 17.2. The zero-order chi connectivity index (χ0) is 19.9. The molecule has 0 saturated heterocycles. The molecule has 0 atom stereocenters. The number of methoxy groups -OCH3 is 1. The summed E-state index contributed by atoms with van der Waals surface area (Å²) in [5.74, 6) is -0.856. The Labute approximate surface area is 171 Å². The number of hydrogen-bond donors (Lipinski definition) is 0. The predicted molar refractivity (Wildman–Crippen MR) is 107 cm³/mol. The van der Waals surface area contributed by atoms with E-state index < -0.39 is 21.8 Å². The summed E-state index contributed by atoms with van der Waals surface area (Å²) in [5.41, 5.74) is 1.34. The third kappa shape index (κ3) is 7.42. The largest absolute Gasteiger partial charge is 0.464 e. The fourth-order valence-electron chi connectivity index (χ4n) is 1.84. The van der Waals surface area contributed by atoms with Gasteiger partial charge in [0.2, 0.25) is 5.04 Å². The molecule has 6 nitrogen and oxygen atoms in total. The van der Waals surface area contributed by atoms with Gasteiger partial charge in [-0.05, 0) is 35.4 Å². The Morgan fingerprint density at radius 2 is 1.52 bits per heavy atom. The smallest absolute Gasteiger partial charge is 0.366 e. The predicted octanol–water partition coefficient (Wildman–Crippen LogP) is 4.26. The van der Waals surface area contributed by atoms with Gasteiger partial charge in [0.05, 0.1) is 7.11 Å². The average Bonchev–Trinajstić information content (AvgIpc) is 2.64. The Hall–Kier alpha value is -1.74. The summed E-state index contributed by atoms with van der Waals surface area (Å²) in [5, 5.41) is 4.33. The van der Waals surface area contributed by atoms with Crippen molar-refractivity contribution in [2.45, 2.75) is 11.5 Å². The molecule has 0 fully saturated rings. The minimum atomic E-state index is -4.04. The van der Waals surface area contributed by atoms with Gasteiger partial charge in [-0.15, -0.1) is 0 Å². The summed E-state index contributed by atoms with van der Waals surface area (Å²) in [6.07, 6.45) is 0. The molecule has 27 heavy (non-hydrogen) atoms. The molecule has 10 heteroatoms. The average molecular weight is 448 g/mol. The number of nitrogens with zero attached hydrogens (tertiary/aromatic N) is 1. The lowest BCUT2D eigenvalue weighted by molar-refractivity contribution is -0.132. The first-order chi connectivity index (χ1) is 12.8. The van der Waals surface area contributed by atoms with Crippen molar-refractivity contribution in [3.8, 4) is 0 Å². The molecule has 0 radical (unpaired) electrons. The van der Waals surface area contributed by atoms with Gasteiger partial charge in [-0.1, -0.05) is 64.4 Å². The number of carbonyl (C=O) groups is 1. The first kappa shape index (κ1) is 21.6. The van der Waals surface area contributed by atoms with Gasteiger partial charge in [0, 0.05) is 15.8 Å². The molecule has 0 saturated carbocycles. The summed E-state index contributed by atoms with van der Waals surface area (Å²) in [6, 6.07) is 13.2. The molecular formula is C17H15Cl2NO5S2. The van der Waals surface area contributed by atoms with Gasteiger partial charge in [-0.3, -0.25) is 4.28 Å². The third-order valence-corrected chi connectivity index (χ3v) is 5.62. The van der Waals surface area contributed by atoms with Crippen LogP contribution >= 0.6 is 35.0 Å². The maximum atomic E-state index is 12.1. The lowest BCUT2D eigenvalue weighted by atomic mass is 10.2. The van der Waals surface area contributed by atoms with Crippen molar-refractivity contribution in [1.82, 2.24) is 0 Å². The van der Waals surface area contributed by atoms with E-state index in [0.717, 1.165) is 17.3 Å². The van der Waals surface area contributed by atoms with Crippen LogP contribution in [0, 0.1) is 0 Å². The number of rotatable bonds is 6. The molecule has 2 aromatic carbocycles. The topological polar surface area (TPSA) is 82.0 Å². The molecular weight excluding hydrogens is 433 g/mol. The highest BCUT2D eigenvalue weighted by molar-refractivity contribution is 8.15. The summed E-state index contributed by atoms with van der Waals surface area (Å²) >= 11 is 12.6. The molecule has 0 aromatic heterocycles. The van der Waals surface area contributed by atoms with Crippen LogP contribution < -0.4 is 0 Å². The quantitative estimate of drug-likeness (QED) is 0.284. The Morgan fingerprint density at radius 3 is 2.04 bits per heavy atom. The standard InChI is InChI=1S/C17H15Cl2NO5S2/c1-24-17(21)16(26-10-12-2-6-14(18)7-3-12)20-25-27(22,23)11-13-4-8-15(19)9-5-13/h2-9H,10-11H2,1H3. The Balaban J connectivity index is 2.05. The van der Waals surface area contributed by atoms with Crippen molar-refractivity contribution in [3.63, 3.8) is 0 Å². The van der Waals surface area contributed by atoms with E-state index in [0.29, 0.717) is 21.4 Å². The van der Waals surface area contributed by atoms with Crippen molar-refractivity contribution in [2.24, 2.45) is 5.16 Å². The van der Waals surface area contributed by atoms with Gasteiger partial charge in [0.15, 0.2) is 0 Å².